The molecule has 0 aliphatic rings. The molecule has 0 aliphatic heterocycles. The highest BCUT2D eigenvalue weighted by Gasteiger charge is 2.19. The van der Waals surface area contributed by atoms with E-state index in [1.165, 1.54) is 0 Å². The Labute approximate surface area is 115 Å². The van der Waals surface area contributed by atoms with E-state index in [0.717, 1.165) is 30.3 Å². The van der Waals surface area contributed by atoms with Crippen LogP contribution in [0, 0.1) is 31.9 Å². The van der Waals surface area contributed by atoms with Crippen LogP contribution in [-0.2, 0) is 0 Å². The molecule has 0 radical (unpaired) electrons. The summed E-state index contributed by atoms with van der Waals surface area (Å²) in [6.45, 7) is 0. The van der Waals surface area contributed by atoms with Crippen LogP contribution >= 0.6 is 0 Å². The molecule has 0 saturated carbocycles. The molecule has 0 atom stereocenters. The SMILES string of the molecule is O=[N+]([O-])c1ccc(Oc2cc(F)ccc2[N+](=O)[O-])cc1F. The second-order valence-electron chi connectivity index (χ2n) is 3.84. The third-order valence-corrected chi connectivity index (χ3v) is 2.46. The van der Waals surface area contributed by atoms with Crippen molar-refractivity contribution in [1.82, 2.24) is 0 Å². The van der Waals surface area contributed by atoms with E-state index < -0.39 is 38.6 Å². The van der Waals surface area contributed by atoms with Crippen LogP contribution in [0.4, 0.5) is 20.2 Å². The van der Waals surface area contributed by atoms with Gasteiger partial charge in [-0.25, -0.2) is 4.39 Å². The summed E-state index contributed by atoms with van der Waals surface area (Å²) < 4.78 is 31.5. The van der Waals surface area contributed by atoms with Crippen molar-refractivity contribution in [3.05, 3.63) is 68.3 Å². The third kappa shape index (κ3) is 3.08. The maximum Gasteiger partial charge on any atom is 0.311 e. The summed E-state index contributed by atoms with van der Waals surface area (Å²) >= 11 is 0. The first-order valence-electron chi connectivity index (χ1n) is 5.44. The molecule has 0 saturated heterocycles. The minimum atomic E-state index is -1.17. The molecule has 108 valence electrons. The van der Waals surface area contributed by atoms with Crippen LogP contribution in [0.2, 0.25) is 0 Å². The molecular weight excluding hydrogens is 290 g/mol. The van der Waals surface area contributed by atoms with Gasteiger partial charge in [0.25, 0.3) is 0 Å². The fourth-order valence-corrected chi connectivity index (χ4v) is 1.55. The molecule has 0 heterocycles. The van der Waals surface area contributed by atoms with Gasteiger partial charge in [-0.1, -0.05) is 0 Å². The van der Waals surface area contributed by atoms with Gasteiger partial charge in [0, 0.05) is 24.3 Å². The predicted molar refractivity (Wildman–Crippen MR) is 66.2 cm³/mol. The number of nitro benzene ring substituents is 2. The van der Waals surface area contributed by atoms with Gasteiger partial charge < -0.3 is 4.74 Å². The van der Waals surface area contributed by atoms with Crippen LogP contribution in [-0.4, -0.2) is 9.85 Å². The lowest BCUT2D eigenvalue weighted by molar-refractivity contribution is -0.387. The fraction of sp³-hybridized carbons (Fsp3) is 0. The van der Waals surface area contributed by atoms with Crippen molar-refractivity contribution in [2.45, 2.75) is 0 Å². The van der Waals surface area contributed by atoms with E-state index >= 15 is 0 Å². The van der Waals surface area contributed by atoms with E-state index in [1.54, 1.807) is 0 Å². The molecular formula is C12H6F2N2O5. The van der Waals surface area contributed by atoms with E-state index in [4.69, 9.17) is 4.74 Å². The molecule has 21 heavy (non-hydrogen) atoms. The molecule has 0 aromatic heterocycles. The number of benzene rings is 2. The minimum Gasteiger partial charge on any atom is -0.450 e. The first-order chi connectivity index (χ1) is 9.88. The quantitative estimate of drug-likeness (QED) is 0.634. The zero-order valence-corrected chi connectivity index (χ0v) is 10.2. The molecule has 0 amide bonds. The maximum atomic E-state index is 13.4. The number of halogens is 2. The number of hydrogen-bond acceptors (Lipinski definition) is 5. The number of hydrogen-bond donors (Lipinski definition) is 0. The largest absolute Gasteiger partial charge is 0.450 e. The van der Waals surface area contributed by atoms with Gasteiger partial charge in [0.2, 0.25) is 11.6 Å². The van der Waals surface area contributed by atoms with E-state index in [2.05, 4.69) is 0 Å². The lowest BCUT2D eigenvalue weighted by Crippen LogP contribution is -1.96. The molecule has 0 unspecified atom stereocenters. The zero-order valence-electron chi connectivity index (χ0n) is 10.2. The van der Waals surface area contributed by atoms with Crippen molar-refractivity contribution in [2.75, 3.05) is 0 Å². The lowest BCUT2D eigenvalue weighted by atomic mass is 10.2. The maximum absolute atomic E-state index is 13.4. The van der Waals surface area contributed by atoms with Crippen LogP contribution < -0.4 is 4.74 Å². The molecule has 0 N–H and O–H groups in total. The fourth-order valence-electron chi connectivity index (χ4n) is 1.55. The number of rotatable bonds is 4. The lowest BCUT2D eigenvalue weighted by Gasteiger charge is -2.06. The Hall–Kier alpha value is -3.10. The van der Waals surface area contributed by atoms with Crippen LogP contribution in [0.25, 0.3) is 0 Å². The van der Waals surface area contributed by atoms with Crippen molar-refractivity contribution in [3.8, 4) is 11.5 Å². The Morgan fingerprint density at radius 3 is 2.10 bits per heavy atom. The second kappa shape index (κ2) is 5.49. The van der Waals surface area contributed by atoms with E-state index in [0.29, 0.717) is 6.07 Å². The molecule has 7 nitrogen and oxygen atoms in total. The summed E-state index contributed by atoms with van der Waals surface area (Å²) in [6, 6.07) is 5.11. The molecule has 0 fully saturated rings. The van der Waals surface area contributed by atoms with Gasteiger partial charge in [0.15, 0.2) is 0 Å². The van der Waals surface area contributed by atoms with Crippen LogP contribution in [0.3, 0.4) is 0 Å². The first kappa shape index (κ1) is 14.3. The topological polar surface area (TPSA) is 95.5 Å². The first-order valence-corrected chi connectivity index (χ1v) is 5.44. The summed E-state index contributed by atoms with van der Waals surface area (Å²) in [5.41, 5.74) is -1.29. The van der Waals surface area contributed by atoms with E-state index in [1.807, 2.05) is 0 Å². The molecule has 0 bridgehead atoms. The average Bonchev–Trinajstić information content (AvgIpc) is 2.37. The van der Waals surface area contributed by atoms with Gasteiger partial charge >= 0.3 is 11.4 Å². The number of nitrogens with zero attached hydrogens (tertiary/aromatic N) is 2. The monoisotopic (exact) mass is 296 g/mol. The Morgan fingerprint density at radius 1 is 0.905 bits per heavy atom. The molecule has 2 aromatic carbocycles. The van der Waals surface area contributed by atoms with Crippen molar-refractivity contribution in [1.29, 1.82) is 0 Å². The number of ether oxygens (including phenoxy) is 1. The molecule has 0 aliphatic carbocycles. The molecule has 9 heteroatoms. The molecule has 2 rings (SSSR count). The van der Waals surface area contributed by atoms with E-state index in [-0.39, 0.29) is 5.75 Å². The van der Waals surface area contributed by atoms with Gasteiger partial charge in [0.1, 0.15) is 11.6 Å². The standard InChI is InChI=1S/C12H6F2N2O5/c13-7-1-3-11(16(19)20)12(5-7)21-8-2-4-10(15(17)18)9(14)6-8/h1-6H. The summed E-state index contributed by atoms with van der Waals surface area (Å²) in [4.78, 5) is 19.5. The minimum absolute atomic E-state index is 0.230. The van der Waals surface area contributed by atoms with Crippen LogP contribution in [0.1, 0.15) is 0 Å². The van der Waals surface area contributed by atoms with Gasteiger partial charge in [-0.2, -0.15) is 4.39 Å². The van der Waals surface area contributed by atoms with Crippen molar-refractivity contribution >= 4 is 11.4 Å². The normalized spacial score (nSPS) is 10.2. The summed E-state index contributed by atoms with van der Waals surface area (Å²) in [5, 5.41) is 21.2. The predicted octanol–water partition coefficient (Wildman–Crippen LogP) is 3.57. The summed E-state index contributed by atoms with van der Waals surface area (Å²) in [7, 11) is 0. The molecule has 0 spiro atoms. The summed E-state index contributed by atoms with van der Waals surface area (Å²) in [6.07, 6.45) is 0. The van der Waals surface area contributed by atoms with Crippen molar-refractivity contribution in [2.24, 2.45) is 0 Å². The van der Waals surface area contributed by atoms with Gasteiger partial charge in [0.05, 0.1) is 9.85 Å². The molecule has 2 aromatic rings. The smallest absolute Gasteiger partial charge is 0.311 e. The van der Waals surface area contributed by atoms with Crippen LogP contribution in [0.5, 0.6) is 11.5 Å². The zero-order chi connectivity index (χ0) is 15.6. The third-order valence-electron chi connectivity index (χ3n) is 2.46. The Kier molecular flexibility index (Phi) is 3.74. The highest BCUT2D eigenvalue weighted by Crippen LogP contribution is 2.33. The Morgan fingerprint density at radius 2 is 1.52 bits per heavy atom. The van der Waals surface area contributed by atoms with Gasteiger partial charge in [-0.15, -0.1) is 0 Å². The summed E-state index contributed by atoms with van der Waals surface area (Å²) in [5.74, 6) is -2.62. The van der Waals surface area contributed by atoms with Crippen molar-refractivity contribution in [3.63, 3.8) is 0 Å². The Balaban J connectivity index is 2.38. The highest BCUT2D eigenvalue weighted by molar-refractivity contribution is 5.49. The average molecular weight is 296 g/mol. The Bertz CT molecular complexity index is 736. The van der Waals surface area contributed by atoms with Gasteiger partial charge in [-0.3, -0.25) is 20.2 Å². The highest BCUT2D eigenvalue weighted by atomic mass is 19.1. The number of nitro groups is 2. The second-order valence-corrected chi connectivity index (χ2v) is 3.84. The van der Waals surface area contributed by atoms with E-state index in [9.17, 15) is 29.0 Å². The van der Waals surface area contributed by atoms with Gasteiger partial charge in [-0.05, 0) is 12.1 Å². The van der Waals surface area contributed by atoms with Crippen LogP contribution in [0.15, 0.2) is 36.4 Å². The van der Waals surface area contributed by atoms with Crippen molar-refractivity contribution < 1.29 is 23.4 Å².